The van der Waals surface area contributed by atoms with Gasteiger partial charge in [0.2, 0.25) is 0 Å². The first-order chi connectivity index (χ1) is 8.95. The predicted octanol–water partition coefficient (Wildman–Crippen LogP) is 4.34. The zero-order valence-corrected chi connectivity index (χ0v) is 13.2. The van der Waals surface area contributed by atoms with Crippen molar-refractivity contribution in [1.82, 2.24) is 9.97 Å². The molecule has 5 heteroatoms. The van der Waals surface area contributed by atoms with Gasteiger partial charge in [-0.25, -0.2) is 9.97 Å². The topological polar surface area (TPSA) is 51.8 Å². The Hall–Kier alpha value is -1.13. The molecule has 0 bridgehead atoms. The van der Waals surface area contributed by atoms with Crippen molar-refractivity contribution in [1.29, 1.82) is 0 Å². The van der Waals surface area contributed by atoms with Gasteiger partial charge in [-0.1, -0.05) is 41.4 Å². The Morgan fingerprint density at radius 3 is 2.68 bits per heavy atom. The molecule has 2 aromatic rings. The van der Waals surface area contributed by atoms with Gasteiger partial charge >= 0.3 is 0 Å². The summed E-state index contributed by atoms with van der Waals surface area (Å²) in [5, 5.41) is 0.615. The maximum Gasteiger partial charge on any atom is 0.163 e. The first-order valence-corrected chi connectivity index (χ1v) is 7.21. The number of nitrogen functional groups attached to an aromatic ring is 1. The third-order valence-corrected chi connectivity index (χ3v) is 3.41. The summed E-state index contributed by atoms with van der Waals surface area (Å²) in [6.45, 7) is 4.29. The van der Waals surface area contributed by atoms with E-state index < -0.39 is 0 Å². The maximum atomic E-state index is 6.20. The highest BCUT2D eigenvalue weighted by atomic mass is 79.9. The maximum absolute atomic E-state index is 6.20. The quantitative estimate of drug-likeness (QED) is 0.904. The summed E-state index contributed by atoms with van der Waals surface area (Å²) in [4.78, 5) is 8.82. The van der Waals surface area contributed by atoms with E-state index in [2.05, 4.69) is 39.7 Å². The molecule has 0 aliphatic carbocycles. The Balaban J connectivity index is 2.49. The number of nitrogens with zero attached hydrogens (tertiary/aromatic N) is 2. The number of rotatable bonds is 3. The number of anilines is 1. The minimum absolute atomic E-state index is 0.469. The molecule has 1 aromatic carbocycles. The van der Waals surface area contributed by atoms with Crippen LogP contribution in [-0.2, 0) is 6.42 Å². The molecule has 0 amide bonds. The number of halogens is 2. The van der Waals surface area contributed by atoms with Gasteiger partial charge < -0.3 is 5.73 Å². The smallest absolute Gasteiger partial charge is 0.163 e. The average molecular weight is 341 g/mol. The molecule has 0 radical (unpaired) electrons. The first-order valence-electron chi connectivity index (χ1n) is 6.04. The molecule has 0 unspecified atom stereocenters. The second kappa shape index (κ2) is 5.88. The summed E-state index contributed by atoms with van der Waals surface area (Å²) in [7, 11) is 0. The average Bonchev–Trinajstić information content (AvgIpc) is 2.30. The van der Waals surface area contributed by atoms with Crippen molar-refractivity contribution in [2.24, 2.45) is 5.92 Å². The van der Waals surface area contributed by atoms with Gasteiger partial charge in [0.1, 0.15) is 5.82 Å². The van der Waals surface area contributed by atoms with E-state index >= 15 is 0 Å². The standard InChI is InChI=1S/C14H15BrClN3/c1-8(2)5-10-7-13(17)19-14(18-10)11-6-9(15)3-4-12(11)16/h3-4,6-8H,5H2,1-2H3,(H2,17,18,19). The van der Waals surface area contributed by atoms with Crippen molar-refractivity contribution < 1.29 is 0 Å². The van der Waals surface area contributed by atoms with Crippen molar-refractivity contribution in [3.05, 3.63) is 39.5 Å². The molecule has 0 atom stereocenters. The molecule has 0 aliphatic heterocycles. The lowest BCUT2D eigenvalue weighted by molar-refractivity contribution is 0.635. The molecule has 0 saturated heterocycles. The van der Waals surface area contributed by atoms with E-state index in [0.717, 1.165) is 22.2 Å². The van der Waals surface area contributed by atoms with Crippen LogP contribution in [0.5, 0.6) is 0 Å². The summed E-state index contributed by atoms with van der Waals surface area (Å²) >= 11 is 9.62. The number of hydrogen-bond acceptors (Lipinski definition) is 3. The summed E-state index contributed by atoms with van der Waals surface area (Å²) in [5.74, 6) is 1.55. The second-order valence-electron chi connectivity index (χ2n) is 4.83. The highest BCUT2D eigenvalue weighted by Gasteiger charge is 2.10. The van der Waals surface area contributed by atoms with Crippen LogP contribution in [0.2, 0.25) is 5.02 Å². The van der Waals surface area contributed by atoms with Gasteiger partial charge in [-0.05, 0) is 30.5 Å². The van der Waals surface area contributed by atoms with Crippen LogP contribution in [0.1, 0.15) is 19.5 Å². The molecule has 0 spiro atoms. The lowest BCUT2D eigenvalue weighted by atomic mass is 10.1. The van der Waals surface area contributed by atoms with Crippen LogP contribution in [0.4, 0.5) is 5.82 Å². The van der Waals surface area contributed by atoms with Gasteiger partial charge in [0.15, 0.2) is 5.82 Å². The zero-order chi connectivity index (χ0) is 14.0. The van der Waals surface area contributed by atoms with E-state index in [4.69, 9.17) is 17.3 Å². The van der Waals surface area contributed by atoms with Gasteiger partial charge in [0.05, 0.1) is 5.02 Å². The molecule has 0 saturated carbocycles. The normalized spacial score (nSPS) is 11.0. The fourth-order valence-corrected chi connectivity index (χ4v) is 2.39. The number of nitrogens with two attached hydrogens (primary N) is 1. The molecule has 0 aliphatic rings. The molecule has 100 valence electrons. The van der Waals surface area contributed by atoms with Crippen molar-refractivity contribution in [3.8, 4) is 11.4 Å². The van der Waals surface area contributed by atoms with Gasteiger partial charge in [0, 0.05) is 21.8 Å². The van der Waals surface area contributed by atoms with E-state index in [1.54, 1.807) is 0 Å². The summed E-state index contributed by atoms with van der Waals surface area (Å²) in [6, 6.07) is 7.41. The van der Waals surface area contributed by atoms with Gasteiger partial charge in [-0.15, -0.1) is 0 Å². The Morgan fingerprint density at radius 2 is 2.00 bits per heavy atom. The van der Waals surface area contributed by atoms with Gasteiger partial charge in [-0.3, -0.25) is 0 Å². The van der Waals surface area contributed by atoms with Crippen molar-refractivity contribution in [3.63, 3.8) is 0 Å². The van der Waals surface area contributed by atoms with Crippen LogP contribution >= 0.6 is 27.5 Å². The fourth-order valence-electron chi connectivity index (χ4n) is 1.83. The molecular formula is C14H15BrClN3. The highest BCUT2D eigenvalue weighted by molar-refractivity contribution is 9.10. The predicted molar refractivity (Wildman–Crippen MR) is 83.1 cm³/mol. The lowest BCUT2D eigenvalue weighted by Crippen LogP contribution is -2.03. The van der Waals surface area contributed by atoms with E-state index in [9.17, 15) is 0 Å². The third-order valence-electron chi connectivity index (χ3n) is 2.59. The molecule has 0 fully saturated rings. The Kier molecular flexibility index (Phi) is 4.42. The summed E-state index contributed by atoms with van der Waals surface area (Å²) in [5.41, 5.74) is 7.58. The van der Waals surface area contributed by atoms with Crippen LogP contribution in [0.3, 0.4) is 0 Å². The summed E-state index contributed by atoms with van der Waals surface area (Å²) < 4.78 is 0.934. The fraction of sp³-hybridized carbons (Fsp3) is 0.286. The molecule has 2 N–H and O–H groups in total. The zero-order valence-electron chi connectivity index (χ0n) is 10.8. The SMILES string of the molecule is CC(C)Cc1cc(N)nc(-c2cc(Br)ccc2Cl)n1. The van der Waals surface area contributed by atoms with Crippen LogP contribution in [0, 0.1) is 5.92 Å². The number of aromatic nitrogens is 2. The number of hydrogen-bond donors (Lipinski definition) is 1. The Labute approximate surface area is 126 Å². The first kappa shape index (κ1) is 14.3. The summed E-state index contributed by atoms with van der Waals surface area (Å²) in [6.07, 6.45) is 0.866. The Bertz CT molecular complexity index is 599. The minimum Gasteiger partial charge on any atom is -0.384 e. The van der Waals surface area contributed by atoms with E-state index in [-0.39, 0.29) is 0 Å². The molecule has 2 rings (SSSR count). The van der Waals surface area contributed by atoms with E-state index in [1.165, 1.54) is 0 Å². The van der Waals surface area contributed by atoms with Crippen LogP contribution in [-0.4, -0.2) is 9.97 Å². The van der Waals surface area contributed by atoms with Crippen molar-refractivity contribution >= 4 is 33.3 Å². The minimum atomic E-state index is 0.469. The van der Waals surface area contributed by atoms with Crippen molar-refractivity contribution in [2.45, 2.75) is 20.3 Å². The number of benzene rings is 1. The van der Waals surface area contributed by atoms with E-state index in [1.807, 2.05) is 24.3 Å². The molecule has 1 heterocycles. The van der Waals surface area contributed by atoms with Crippen LogP contribution < -0.4 is 5.73 Å². The molecular weight excluding hydrogens is 326 g/mol. The largest absolute Gasteiger partial charge is 0.384 e. The second-order valence-corrected chi connectivity index (χ2v) is 6.15. The highest BCUT2D eigenvalue weighted by Crippen LogP contribution is 2.29. The lowest BCUT2D eigenvalue weighted by Gasteiger charge is -2.09. The van der Waals surface area contributed by atoms with Gasteiger partial charge in [0.25, 0.3) is 0 Å². The molecule has 19 heavy (non-hydrogen) atoms. The van der Waals surface area contributed by atoms with Gasteiger partial charge in [-0.2, -0.15) is 0 Å². The Morgan fingerprint density at radius 1 is 1.26 bits per heavy atom. The van der Waals surface area contributed by atoms with Crippen LogP contribution in [0.15, 0.2) is 28.7 Å². The molecule has 1 aromatic heterocycles. The monoisotopic (exact) mass is 339 g/mol. The van der Waals surface area contributed by atoms with Crippen LogP contribution in [0.25, 0.3) is 11.4 Å². The third kappa shape index (κ3) is 3.67. The molecule has 3 nitrogen and oxygen atoms in total. The van der Waals surface area contributed by atoms with E-state index in [0.29, 0.717) is 22.6 Å². The van der Waals surface area contributed by atoms with Crippen molar-refractivity contribution in [2.75, 3.05) is 5.73 Å².